The Morgan fingerprint density at radius 1 is 1.00 bits per heavy atom. The van der Waals surface area contributed by atoms with E-state index in [4.69, 9.17) is 4.74 Å². The molecule has 3 heteroatoms. The highest BCUT2D eigenvalue weighted by Crippen LogP contribution is 2.24. The van der Waals surface area contributed by atoms with Crippen LogP contribution in [0.3, 0.4) is 0 Å². The van der Waals surface area contributed by atoms with Gasteiger partial charge in [-0.3, -0.25) is 4.90 Å². The summed E-state index contributed by atoms with van der Waals surface area (Å²) in [5.41, 5.74) is 2.73. The van der Waals surface area contributed by atoms with Crippen LogP contribution in [0.2, 0.25) is 0 Å². The summed E-state index contributed by atoms with van der Waals surface area (Å²) in [5.74, 6) is 0. The van der Waals surface area contributed by atoms with E-state index in [1.165, 1.54) is 21.9 Å². The molecule has 1 fully saturated rings. The first-order valence-electron chi connectivity index (χ1n) is 9.88. The molecule has 1 aliphatic rings. The third kappa shape index (κ3) is 4.38. The molecule has 0 aromatic heterocycles. The van der Waals surface area contributed by atoms with E-state index in [0.29, 0.717) is 12.1 Å². The number of hydrogen-bond acceptors (Lipinski definition) is 3. The van der Waals surface area contributed by atoms with Gasteiger partial charge in [-0.15, -0.1) is 0 Å². The third-order valence-corrected chi connectivity index (χ3v) is 5.53. The van der Waals surface area contributed by atoms with Gasteiger partial charge in [0.25, 0.3) is 0 Å². The van der Waals surface area contributed by atoms with E-state index in [1.54, 1.807) is 0 Å². The molecule has 4 rings (SSSR count). The predicted molar refractivity (Wildman–Crippen MR) is 112 cm³/mol. The summed E-state index contributed by atoms with van der Waals surface area (Å²) in [4.78, 5) is 2.54. The van der Waals surface area contributed by atoms with Gasteiger partial charge in [0.2, 0.25) is 0 Å². The summed E-state index contributed by atoms with van der Waals surface area (Å²) >= 11 is 0. The summed E-state index contributed by atoms with van der Waals surface area (Å²) < 4.78 is 5.78. The topological polar surface area (TPSA) is 24.5 Å². The second-order valence-electron chi connectivity index (χ2n) is 7.38. The molecule has 1 N–H and O–H groups in total. The zero-order valence-electron chi connectivity index (χ0n) is 16.0. The Morgan fingerprint density at radius 3 is 2.67 bits per heavy atom. The van der Waals surface area contributed by atoms with Gasteiger partial charge in [0.15, 0.2) is 0 Å². The van der Waals surface area contributed by atoms with Gasteiger partial charge in [-0.1, -0.05) is 72.8 Å². The standard InChI is InChI=1S/C24H28N2O/c1-19(23-13-7-11-21-10-5-6-12-24(21)23)25-16-22-18-27-15-14-26(22)17-20-8-3-2-4-9-20/h2-13,19,22,25H,14-18H2,1H3/t19-,22?/m1/s1. The lowest BCUT2D eigenvalue weighted by atomic mass is 9.99. The number of fused-ring (bicyclic) bond motifs is 1. The Hall–Kier alpha value is -2.20. The molecule has 0 radical (unpaired) electrons. The van der Waals surface area contributed by atoms with Crippen molar-refractivity contribution in [3.05, 3.63) is 83.9 Å². The van der Waals surface area contributed by atoms with E-state index >= 15 is 0 Å². The van der Waals surface area contributed by atoms with Gasteiger partial charge >= 0.3 is 0 Å². The molecule has 0 saturated carbocycles. The maximum atomic E-state index is 5.78. The molecule has 3 aromatic carbocycles. The number of ether oxygens (including phenoxy) is 1. The lowest BCUT2D eigenvalue weighted by molar-refractivity contribution is -0.0116. The maximum absolute atomic E-state index is 5.78. The highest BCUT2D eigenvalue weighted by atomic mass is 16.5. The lowest BCUT2D eigenvalue weighted by Gasteiger charge is -2.36. The summed E-state index contributed by atoms with van der Waals surface area (Å²) in [7, 11) is 0. The molecular weight excluding hydrogens is 332 g/mol. The first-order chi connectivity index (χ1) is 13.3. The van der Waals surface area contributed by atoms with Gasteiger partial charge in [0, 0.05) is 31.7 Å². The van der Waals surface area contributed by atoms with Crippen LogP contribution >= 0.6 is 0 Å². The first kappa shape index (κ1) is 18.2. The molecule has 1 saturated heterocycles. The molecule has 140 valence electrons. The number of nitrogens with one attached hydrogen (secondary N) is 1. The second-order valence-corrected chi connectivity index (χ2v) is 7.38. The molecule has 27 heavy (non-hydrogen) atoms. The minimum atomic E-state index is 0.302. The Balaban J connectivity index is 1.43. The molecule has 3 nitrogen and oxygen atoms in total. The maximum Gasteiger partial charge on any atom is 0.0635 e. The van der Waals surface area contributed by atoms with Crippen LogP contribution in [0.25, 0.3) is 10.8 Å². The van der Waals surface area contributed by atoms with Gasteiger partial charge in [0.05, 0.1) is 13.2 Å². The molecule has 0 spiro atoms. The fourth-order valence-corrected chi connectivity index (χ4v) is 3.95. The summed E-state index contributed by atoms with van der Waals surface area (Å²) in [6.45, 7) is 6.78. The monoisotopic (exact) mass is 360 g/mol. The van der Waals surface area contributed by atoms with Crippen LogP contribution in [-0.4, -0.2) is 37.2 Å². The van der Waals surface area contributed by atoms with Gasteiger partial charge in [-0.05, 0) is 28.8 Å². The fourth-order valence-electron chi connectivity index (χ4n) is 3.95. The quantitative estimate of drug-likeness (QED) is 0.705. The van der Waals surface area contributed by atoms with Crippen molar-refractivity contribution in [2.24, 2.45) is 0 Å². The van der Waals surface area contributed by atoms with Gasteiger partial charge in [-0.25, -0.2) is 0 Å². The highest BCUT2D eigenvalue weighted by Gasteiger charge is 2.23. The van der Waals surface area contributed by atoms with Crippen LogP contribution in [0.4, 0.5) is 0 Å². The largest absolute Gasteiger partial charge is 0.378 e. The zero-order chi connectivity index (χ0) is 18.5. The minimum Gasteiger partial charge on any atom is -0.378 e. The Kier molecular flexibility index (Phi) is 5.83. The van der Waals surface area contributed by atoms with E-state index < -0.39 is 0 Å². The molecule has 0 bridgehead atoms. The smallest absolute Gasteiger partial charge is 0.0635 e. The third-order valence-electron chi connectivity index (χ3n) is 5.53. The lowest BCUT2D eigenvalue weighted by Crippen LogP contribution is -2.50. The molecule has 2 atom stereocenters. The number of benzene rings is 3. The molecule has 1 heterocycles. The summed E-state index contributed by atoms with van der Waals surface area (Å²) in [6.07, 6.45) is 0. The number of nitrogens with zero attached hydrogens (tertiary/aromatic N) is 1. The van der Waals surface area contributed by atoms with Crippen LogP contribution in [0.15, 0.2) is 72.8 Å². The van der Waals surface area contributed by atoms with Crippen LogP contribution in [0, 0.1) is 0 Å². The van der Waals surface area contributed by atoms with Crippen LogP contribution < -0.4 is 5.32 Å². The van der Waals surface area contributed by atoms with Crippen LogP contribution in [0.1, 0.15) is 24.1 Å². The minimum absolute atomic E-state index is 0.302. The van der Waals surface area contributed by atoms with E-state index in [-0.39, 0.29) is 0 Å². The summed E-state index contributed by atoms with van der Waals surface area (Å²) in [5, 5.41) is 6.39. The second kappa shape index (κ2) is 8.66. The van der Waals surface area contributed by atoms with Gasteiger partial charge < -0.3 is 10.1 Å². The normalized spacial score (nSPS) is 19.2. The number of morpholine rings is 1. The molecule has 1 unspecified atom stereocenters. The fraction of sp³-hybridized carbons (Fsp3) is 0.333. The van der Waals surface area contributed by atoms with Crippen molar-refractivity contribution in [3.63, 3.8) is 0 Å². The molecule has 1 aliphatic heterocycles. The van der Waals surface area contributed by atoms with Crippen molar-refractivity contribution >= 4 is 10.8 Å². The predicted octanol–water partition coefficient (Wildman–Crippen LogP) is 4.39. The van der Waals surface area contributed by atoms with Crippen molar-refractivity contribution in [1.82, 2.24) is 10.2 Å². The van der Waals surface area contributed by atoms with E-state index in [1.807, 2.05) is 0 Å². The van der Waals surface area contributed by atoms with Gasteiger partial charge in [0.1, 0.15) is 0 Å². The van der Waals surface area contributed by atoms with E-state index in [0.717, 1.165) is 32.8 Å². The Bertz CT molecular complexity index is 859. The number of hydrogen-bond donors (Lipinski definition) is 1. The van der Waals surface area contributed by atoms with Crippen molar-refractivity contribution in [2.75, 3.05) is 26.3 Å². The molecule has 0 aliphatic carbocycles. The van der Waals surface area contributed by atoms with Crippen molar-refractivity contribution in [1.29, 1.82) is 0 Å². The van der Waals surface area contributed by atoms with Crippen molar-refractivity contribution in [3.8, 4) is 0 Å². The SMILES string of the molecule is C[C@@H](NCC1COCCN1Cc1ccccc1)c1cccc2ccccc12. The van der Waals surface area contributed by atoms with Crippen LogP contribution in [-0.2, 0) is 11.3 Å². The number of rotatable bonds is 6. The average molecular weight is 361 g/mol. The highest BCUT2D eigenvalue weighted by molar-refractivity contribution is 5.86. The Labute approximate surface area is 162 Å². The molecule has 0 amide bonds. The summed E-state index contributed by atoms with van der Waals surface area (Å²) in [6, 6.07) is 26.6. The van der Waals surface area contributed by atoms with Crippen LogP contribution in [0.5, 0.6) is 0 Å². The Morgan fingerprint density at radius 2 is 1.78 bits per heavy atom. The van der Waals surface area contributed by atoms with Crippen molar-refractivity contribution in [2.45, 2.75) is 25.6 Å². The zero-order valence-corrected chi connectivity index (χ0v) is 16.0. The van der Waals surface area contributed by atoms with Gasteiger partial charge in [-0.2, -0.15) is 0 Å². The van der Waals surface area contributed by atoms with E-state index in [2.05, 4.69) is 89.9 Å². The average Bonchev–Trinajstić information content (AvgIpc) is 2.73. The van der Waals surface area contributed by atoms with E-state index in [9.17, 15) is 0 Å². The van der Waals surface area contributed by atoms with Crippen molar-refractivity contribution < 1.29 is 4.74 Å². The molecular formula is C24H28N2O. The first-order valence-corrected chi connectivity index (χ1v) is 9.88. The molecule has 3 aromatic rings.